The van der Waals surface area contributed by atoms with Gasteiger partial charge >= 0.3 is 0 Å². The summed E-state index contributed by atoms with van der Waals surface area (Å²) in [6.45, 7) is 8.57. The number of hydrogen-bond donors (Lipinski definition) is 0. The SMILES string of the molecule is C=C(c1ccccc1)N(C(=C)c1ccccc1)c1cccc(C#N)c1. The fourth-order valence-corrected chi connectivity index (χ4v) is 2.71. The lowest BCUT2D eigenvalue weighted by molar-refractivity contribution is 1.30. The van der Waals surface area contributed by atoms with Gasteiger partial charge in [0.15, 0.2) is 0 Å². The zero-order chi connectivity index (χ0) is 17.6. The van der Waals surface area contributed by atoms with Crippen molar-refractivity contribution in [2.45, 2.75) is 0 Å². The van der Waals surface area contributed by atoms with E-state index in [1.165, 1.54) is 0 Å². The summed E-state index contributed by atoms with van der Waals surface area (Å²) in [7, 11) is 0. The van der Waals surface area contributed by atoms with Gasteiger partial charge in [-0.2, -0.15) is 5.26 Å². The quantitative estimate of drug-likeness (QED) is 0.602. The van der Waals surface area contributed by atoms with Crippen LogP contribution in [0.1, 0.15) is 16.7 Å². The molecule has 0 unspecified atom stereocenters. The molecular weight excluding hydrogens is 304 g/mol. The Hall–Kier alpha value is -3.57. The molecule has 120 valence electrons. The summed E-state index contributed by atoms with van der Waals surface area (Å²) in [5.41, 5.74) is 5.09. The Kier molecular flexibility index (Phi) is 4.78. The van der Waals surface area contributed by atoms with Crippen molar-refractivity contribution in [3.8, 4) is 6.07 Å². The monoisotopic (exact) mass is 322 g/mol. The summed E-state index contributed by atoms with van der Waals surface area (Å²) in [5.74, 6) is 0. The lowest BCUT2D eigenvalue weighted by atomic mass is 10.1. The molecule has 0 saturated heterocycles. The molecule has 0 aliphatic carbocycles. The first kappa shape index (κ1) is 16.3. The standard InChI is InChI=1S/C23H18N2/c1-18(21-11-5-3-6-12-21)25(19(2)22-13-7-4-8-14-22)23-15-9-10-20(16-23)17-24/h3-16H,1-2H2. The highest BCUT2D eigenvalue weighted by Gasteiger charge is 2.17. The second kappa shape index (κ2) is 7.33. The Bertz CT molecular complexity index is 883. The third-order valence-corrected chi connectivity index (χ3v) is 3.99. The molecule has 0 saturated carbocycles. The van der Waals surface area contributed by atoms with E-state index in [9.17, 15) is 5.26 Å². The molecule has 0 atom stereocenters. The fourth-order valence-electron chi connectivity index (χ4n) is 2.71. The Labute approximate surface area is 148 Å². The number of rotatable bonds is 5. The lowest BCUT2D eigenvalue weighted by Crippen LogP contribution is -2.19. The second-order valence-electron chi connectivity index (χ2n) is 5.62. The van der Waals surface area contributed by atoms with Crippen molar-refractivity contribution in [2.24, 2.45) is 0 Å². The molecule has 0 bridgehead atoms. The van der Waals surface area contributed by atoms with Gasteiger partial charge in [-0.05, 0) is 29.3 Å². The maximum absolute atomic E-state index is 9.24. The zero-order valence-corrected chi connectivity index (χ0v) is 13.9. The molecule has 0 amide bonds. The molecule has 0 radical (unpaired) electrons. The molecule has 0 N–H and O–H groups in total. The lowest BCUT2D eigenvalue weighted by Gasteiger charge is -2.29. The highest BCUT2D eigenvalue weighted by molar-refractivity contribution is 5.94. The number of nitrogens with zero attached hydrogens (tertiary/aromatic N) is 2. The van der Waals surface area contributed by atoms with Crippen LogP contribution in [0.25, 0.3) is 11.4 Å². The van der Waals surface area contributed by atoms with Gasteiger partial charge < -0.3 is 4.90 Å². The minimum Gasteiger partial charge on any atom is -0.310 e. The van der Waals surface area contributed by atoms with Gasteiger partial charge in [-0.3, -0.25) is 0 Å². The number of benzene rings is 3. The summed E-state index contributed by atoms with van der Waals surface area (Å²) in [5, 5.41) is 9.24. The summed E-state index contributed by atoms with van der Waals surface area (Å²) in [6.07, 6.45) is 0. The van der Waals surface area contributed by atoms with Gasteiger partial charge in [-0.1, -0.05) is 79.9 Å². The number of hydrogen-bond acceptors (Lipinski definition) is 2. The van der Waals surface area contributed by atoms with E-state index in [4.69, 9.17) is 0 Å². The van der Waals surface area contributed by atoms with Gasteiger partial charge in [0, 0.05) is 17.1 Å². The van der Waals surface area contributed by atoms with E-state index >= 15 is 0 Å². The van der Waals surface area contributed by atoms with Gasteiger partial charge in [0.1, 0.15) is 0 Å². The molecule has 0 spiro atoms. The molecule has 0 aliphatic heterocycles. The van der Waals surface area contributed by atoms with Gasteiger partial charge in [0.05, 0.1) is 11.6 Å². The average molecular weight is 322 g/mol. The van der Waals surface area contributed by atoms with E-state index in [1.807, 2.05) is 83.8 Å². The molecular formula is C23H18N2. The van der Waals surface area contributed by atoms with Crippen LogP contribution in [0.5, 0.6) is 0 Å². The summed E-state index contributed by atoms with van der Waals surface area (Å²) < 4.78 is 0. The molecule has 0 aliphatic rings. The van der Waals surface area contributed by atoms with E-state index in [1.54, 1.807) is 6.07 Å². The first-order valence-corrected chi connectivity index (χ1v) is 7.99. The van der Waals surface area contributed by atoms with Crippen molar-refractivity contribution >= 4 is 17.1 Å². The van der Waals surface area contributed by atoms with Crippen LogP contribution in [-0.2, 0) is 0 Å². The van der Waals surface area contributed by atoms with Crippen LogP contribution in [0.2, 0.25) is 0 Å². The van der Waals surface area contributed by atoms with Crippen molar-refractivity contribution in [3.63, 3.8) is 0 Å². The largest absolute Gasteiger partial charge is 0.310 e. The minimum absolute atomic E-state index is 0.601. The fraction of sp³-hybridized carbons (Fsp3) is 0. The molecule has 0 fully saturated rings. The van der Waals surface area contributed by atoms with Gasteiger partial charge in [0.25, 0.3) is 0 Å². The van der Waals surface area contributed by atoms with Crippen molar-refractivity contribution < 1.29 is 0 Å². The molecule has 0 heterocycles. The third kappa shape index (κ3) is 3.52. The highest BCUT2D eigenvalue weighted by atomic mass is 15.2. The van der Waals surface area contributed by atoms with Crippen LogP contribution in [0, 0.1) is 11.3 Å². The first-order valence-electron chi connectivity index (χ1n) is 7.99. The summed E-state index contributed by atoms with van der Waals surface area (Å²) in [4.78, 5) is 1.99. The predicted octanol–water partition coefficient (Wildman–Crippen LogP) is 5.71. The first-order chi connectivity index (χ1) is 12.2. The number of nitriles is 1. The zero-order valence-electron chi connectivity index (χ0n) is 13.9. The van der Waals surface area contributed by atoms with Crippen LogP contribution < -0.4 is 4.90 Å². The molecule has 25 heavy (non-hydrogen) atoms. The van der Waals surface area contributed by atoms with Gasteiger partial charge in [0.2, 0.25) is 0 Å². The van der Waals surface area contributed by atoms with E-state index < -0.39 is 0 Å². The van der Waals surface area contributed by atoms with Crippen LogP contribution >= 0.6 is 0 Å². The molecule has 3 aromatic rings. The van der Waals surface area contributed by atoms with E-state index in [0.717, 1.165) is 28.2 Å². The normalized spacial score (nSPS) is 9.88. The topological polar surface area (TPSA) is 27.0 Å². The van der Waals surface area contributed by atoms with Crippen LogP contribution in [0.3, 0.4) is 0 Å². The highest BCUT2D eigenvalue weighted by Crippen LogP contribution is 2.33. The maximum Gasteiger partial charge on any atom is 0.0992 e. The van der Waals surface area contributed by atoms with Crippen LogP contribution in [0.15, 0.2) is 98.1 Å². The van der Waals surface area contributed by atoms with Crippen molar-refractivity contribution in [3.05, 3.63) is 115 Å². The minimum atomic E-state index is 0.601. The van der Waals surface area contributed by atoms with Crippen molar-refractivity contribution in [1.82, 2.24) is 0 Å². The molecule has 0 aromatic heterocycles. The van der Waals surface area contributed by atoms with Gasteiger partial charge in [-0.15, -0.1) is 0 Å². The van der Waals surface area contributed by atoms with E-state index in [-0.39, 0.29) is 0 Å². The second-order valence-corrected chi connectivity index (χ2v) is 5.62. The smallest absolute Gasteiger partial charge is 0.0992 e. The van der Waals surface area contributed by atoms with E-state index in [0.29, 0.717) is 5.56 Å². The third-order valence-electron chi connectivity index (χ3n) is 3.99. The molecule has 3 rings (SSSR count). The number of anilines is 1. The van der Waals surface area contributed by atoms with E-state index in [2.05, 4.69) is 19.2 Å². The maximum atomic E-state index is 9.24. The van der Waals surface area contributed by atoms with Crippen molar-refractivity contribution in [2.75, 3.05) is 4.90 Å². The summed E-state index contributed by atoms with van der Waals surface area (Å²) >= 11 is 0. The van der Waals surface area contributed by atoms with Crippen LogP contribution in [-0.4, -0.2) is 0 Å². The molecule has 3 aromatic carbocycles. The van der Waals surface area contributed by atoms with Gasteiger partial charge in [-0.25, -0.2) is 0 Å². The Morgan fingerprint density at radius 1 is 0.720 bits per heavy atom. The Morgan fingerprint density at radius 3 is 1.72 bits per heavy atom. The summed E-state index contributed by atoms with van der Waals surface area (Å²) in [6, 6.07) is 29.6. The Morgan fingerprint density at radius 2 is 1.24 bits per heavy atom. The molecule has 2 nitrogen and oxygen atoms in total. The average Bonchev–Trinajstić information content (AvgIpc) is 2.69. The Balaban J connectivity index is 2.10. The van der Waals surface area contributed by atoms with Crippen molar-refractivity contribution in [1.29, 1.82) is 5.26 Å². The van der Waals surface area contributed by atoms with Crippen LogP contribution in [0.4, 0.5) is 5.69 Å². The molecule has 2 heteroatoms. The predicted molar refractivity (Wildman–Crippen MR) is 105 cm³/mol.